The summed E-state index contributed by atoms with van der Waals surface area (Å²) in [5.74, 6) is -0.327. The van der Waals surface area contributed by atoms with Gasteiger partial charge >= 0.3 is 0 Å². The Balaban J connectivity index is 2.12. The number of rotatable bonds is 2. The average molecular weight is 226 g/mol. The highest BCUT2D eigenvalue weighted by molar-refractivity contribution is 5.19. The highest BCUT2D eigenvalue weighted by atomic mass is 19.1. The Kier molecular flexibility index (Phi) is 3.24. The van der Waals surface area contributed by atoms with Gasteiger partial charge < -0.3 is 5.11 Å². The van der Waals surface area contributed by atoms with E-state index < -0.39 is 5.82 Å². The zero-order valence-electron chi connectivity index (χ0n) is 9.29. The monoisotopic (exact) mass is 226 g/mol. The van der Waals surface area contributed by atoms with Crippen LogP contribution in [0.15, 0.2) is 18.2 Å². The van der Waals surface area contributed by atoms with Crippen molar-refractivity contribution >= 4 is 0 Å². The molecule has 0 amide bonds. The summed E-state index contributed by atoms with van der Waals surface area (Å²) < 4.78 is 26.4. The molecule has 0 spiro atoms. The van der Waals surface area contributed by atoms with Crippen LogP contribution in [-0.4, -0.2) is 11.2 Å². The number of hydrogen-bond donors (Lipinski definition) is 1. The van der Waals surface area contributed by atoms with Gasteiger partial charge in [0.25, 0.3) is 0 Å². The van der Waals surface area contributed by atoms with E-state index >= 15 is 0 Å². The molecule has 1 nitrogen and oxygen atoms in total. The predicted molar refractivity (Wildman–Crippen MR) is 58.0 cm³/mol. The van der Waals surface area contributed by atoms with Crippen LogP contribution in [-0.2, 0) is 6.42 Å². The zero-order chi connectivity index (χ0) is 11.7. The first-order valence-electron chi connectivity index (χ1n) is 5.70. The summed E-state index contributed by atoms with van der Waals surface area (Å²) in [5.41, 5.74) is 0.422. The van der Waals surface area contributed by atoms with Crippen LogP contribution in [0.2, 0.25) is 0 Å². The molecular formula is C13H16F2O. The van der Waals surface area contributed by atoms with E-state index in [2.05, 4.69) is 0 Å². The molecular weight excluding hydrogens is 210 g/mol. The highest BCUT2D eigenvalue weighted by Gasteiger charge is 2.31. The number of hydrogen-bond acceptors (Lipinski definition) is 1. The van der Waals surface area contributed by atoms with E-state index in [9.17, 15) is 13.9 Å². The number of aliphatic hydroxyl groups is 1. The van der Waals surface area contributed by atoms with Crippen LogP contribution < -0.4 is 0 Å². The largest absolute Gasteiger partial charge is 0.393 e. The van der Waals surface area contributed by atoms with Crippen molar-refractivity contribution in [2.24, 2.45) is 11.8 Å². The Morgan fingerprint density at radius 3 is 2.69 bits per heavy atom. The molecule has 0 heterocycles. The minimum absolute atomic E-state index is 0.169. The fraction of sp³-hybridized carbons (Fsp3) is 0.538. The summed E-state index contributed by atoms with van der Waals surface area (Å²) in [5, 5.41) is 9.60. The van der Waals surface area contributed by atoms with Gasteiger partial charge in [0.15, 0.2) is 0 Å². The predicted octanol–water partition coefficient (Wildman–Crippen LogP) is 2.91. The van der Waals surface area contributed by atoms with Crippen molar-refractivity contribution in [2.45, 2.75) is 32.3 Å². The smallest absolute Gasteiger partial charge is 0.126 e. The molecule has 88 valence electrons. The Hall–Kier alpha value is -0.960. The fourth-order valence-electron chi connectivity index (χ4n) is 2.49. The SMILES string of the molecule is CC1C(O)CCC1Cc1cc(F)ccc1F. The second-order valence-electron chi connectivity index (χ2n) is 4.70. The molecule has 1 aromatic carbocycles. The molecule has 2 rings (SSSR count). The van der Waals surface area contributed by atoms with Gasteiger partial charge in [0, 0.05) is 0 Å². The summed E-state index contributed by atoms with van der Waals surface area (Å²) in [4.78, 5) is 0. The maximum absolute atomic E-state index is 13.4. The molecule has 1 aliphatic rings. The van der Waals surface area contributed by atoms with Crippen LogP contribution in [0.4, 0.5) is 8.78 Å². The summed E-state index contributed by atoms with van der Waals surface area (Å²) in [6, 6.07) is 3.55. The quantitative estimate of drug-likeness (QED) is 0.822. The van der Waals surface area contributed by atoms with Gasteiger partial charge in [0.1, 0.15) is 11.6 Å². The minimum Gasteiger partial charge on any atom is -0.393 e. The van der Waals surface area contributed by atoms with Crippen molar-refractivity contribution in [2.75, 3.05) is 0 Å². The van der Waals surface area contributed by atoms with Crippen molar-refractivity contribution in [1.29, 1.82) is 0 Å². The van der Waals surface area contributed by atoms with E-state index in [1.807, 2.05) is 6.92 Å². The molecule has 16 heavy (non-hydrogen) atoms. The molecule has 3 atom stereocenters. The first kappa shape index (κ1) is 11.5. The molecule has 0 saturated heterocycles. The molecule has 1 aliphatic carbocycles. The third-order valence-electron chi connectivity index (χ3n) is 3.67. The number of halogens is 2. The normalized spacial score (nSPS) is 29.6. The first-order chi connectivity index (χ1) is 7.58. The van der Waals surface area contributed by atoms with Crippen molar-refractivity contribution < 1.29 is 13.9 Å². The standard InChI is InChI=1S/C13H16F2O/c1-8-9(2-5-13(8)16)6-10-7-11(14)3-4-12(10)15/h3-4,7-9,13,16H,2,5-6H2,1H3. The average Bonchev–Trinajstić information content (AvgIpc) is 2.55. The first-order valence-corrected chi connectivity index (χ1v) is 5.70. The van der Waals surface area contributed by atoms with Gasteiger partial charge in [-0.3, -0.25) is 0 Å². The molecule has 0 aromatic heterocycles. The van der Waals surface area contributed by atoms with Gasteiger partial charge in [0.05, 0.1) is 6.10 Å². The van der Waals surface area contributed by atoms with E-state index in [0.29, 0.717) is 12.0 Å². The Labute approximate surface area is 94.1 Å². The molecule has 3 unspecified atom stereocenters. The van der Waals surface area contributed by atoms with E-state index in [1.54, 1.807) is 0 Å². The molecule has 3 heteroatoms. The highest BCUT2D eigenvalue weighted by Crippen LogP contribution is 2.34. The van der Waals surface area contributed by atoms with Gasteiger partial charge in [-0.25, -0.2) is 8.78 Å². The lowest BCUT2D eigenvalue weighted by Gasteiger charge is -2.17. The molecule has 0 radical (unpaired) electrons. The molecule has 1 aromatic rings. The second kappa shape index (κ2) is 4.50. The summed E-state index contributed by atoms with van der Waals surface area (Å²) >= 11 is 0. The lowest BCUT2D eigenvalue weighted by Crippen LogP contribution is -2.17. The van der Waals surface area contributed by atoms with Gasteiger partial charge in [-0.1, -0.05) is 6.92 Å². The number of benzene rings is 1. The van der Waals surface area contributed by atoms with Crippen LogP contribution in [0.3, 0.4) is 0 Å². The summed E-state index contributed by atoms with van der Waals surface area (Å²) in [6.07, 6.45) is 1.88. The Bertz CT molecular complexity index is 378. The minimum atomic E-state index is -0.400. The van der Waals surface area contributed by atoms with Crippen molar-refractivity contribution in [1.82, 2.24) is 0 Å². The molecule has 0 aliphatic heterocycles. The molecule has 1 N–H and O–H groups in total. The Morgan fingerprint density at radius 2 is 2.06 bits per heavy atom. The lowest BCUT2D eigenvalue weighted by molar-refractivity contribution is 0.127. The van der Waals surface area contributed by atoms with Crippen LogP contribution in [0.5, 0.6) is 0 Å². The third-order valence-corrected chi connectivity index (χ3v) is 3.67. The fourth-order valence-corrected chi connectivity index (χ4v) is 2.49. The molecule has 1 fully saturated rings. The topological polar surface area (TPSA) is 20.2 Å². The van der Waals surface area contributed by atoms with E-state index in [4.69, 9.17) is 0 Å². The maximum Gasteiger partial charge on any atom is 0.126 e. The maximum atomic E-state index is 13.4. The van der Waals surface area contributed by atoms with Gasteiger partial charge in [0.2, 0.25) is 0 Å². The van der Waals surface area contributed by atoms with Crippen LogP contribution in [0.1, 0.15) is 25.3 Å². The van der Waals surface area contributed by atoms with Crippen LogP contribution in [0, 0.1) is 23.5 Å². The van der Waals surface area contributed by atoms with Crippen molar-refractivity contribution in [3.8, 4) is 0 Å². The number of aliphatic hydroxyl groups excluding tert-OH is 1. The molecule has 1 saturated carbocycles. The van der Waals surface area contributed by atoms with E-state index in [-0.39, 0.29) is 23.8 Å². The van der Waals surface area contributed by atoms with Gasteiger partial charge in [-0.15, -0.1) is 0 Å². The van der Waals surface area contributed by atoms with E-state index in [0.717, 1.165) is 18.9 Å². The van der Waals surface area contributed by atoms with Gasteiger partial charge in [-0.2, -0.15) is 0 Å². The zero-order valence-corrected chi connectivity index (χ0v) is 9.29. The lowest BCUT2D eigenvalue weighted by atomic mass is 9.90. The molecule has 0 bridgehead atoms. The van der Waals surface area contributed by atoms with Gasteiger partial charge in [-0.05, 0) is 54.9 Å². The van der Waals surface area contributed by atoms with E-state index in [1.165, 1.54) is 12.1 Å². The second-order valence-corrected chi connectivity index (χ2v) is 4.70. The van der Waals surface area contributed by atoms with Crippen LogP contribution in [0.25, 0.3) is 0 Å². The van der Waals surface area contributed by atoms with Crippen molar-refractivity contribution in [3.63, 3.8) is 0 Å². The van der Waals surface area contributed by atoms with Crippen LogP contribution >= 0.6 is 0 Å². The summed E-state index contributed by atoms with van der Waals surface area (Å²) in [7, 11) is 0. The third kappa shape index (κ3) is 2.24. The van der Waals surface area contributed by atoms with Crippen molar-refractivity contribution in [3.05, 3.63) is 35.4 Å². The Morgan fingerprint density at radius 1 is 1.31 bits per heavy atom. The summed E-state index contributed by atoms with van der Waals surface area (Å²) in [6.45, 7) is 1.97.